The Balaban J connectivity index is 2.12. The van der Waals surface area contributed by atoms with Gasteiger partial charge in [-0.1, -0.05) is 38.1 Å². The van der Waals surface area contributed by atoms with Crippen molar-refractivity contribution in [2.24, 2.45) is 5.92 Å². The molecule has 0 saturated heterocycles. The van der Waals surface area contributed by atoms with Gasteiger partial charge < -0.3 is 15.4 Å². The number of ether oxygens (including phenoxy) is 1. The summed E-state index contributed by atoms with van der Waals surface area (Å²) in [5.41, 5.74) is 4.65. The highest BCUT2D eigenvalue weighted by Gasteiger charge is 2.15. The normalized spacial score (nSPS) is 11.9. The summed E-state index contributed by atoms with van der Waals surface area (Å²) < 4.78 is 5.26. The highest BCUT2D eigenvalue weighted by Crippen LogP contribution is 2.24. The summed E-state index contributed by atoms with van der Waals surface area (Å²) in [5.74, 6) is 1.42. The molecule has 134 valence electrons. The number of anilines is 1. The third-order valence-corrected chi connectivity index (χ3v) is 4.39. The third kappa shape index (κ3) is 5.75. The molecule has 0 saturated carbocycles. The maximum atomic E-state index is 5.57. The van der Waals surface area contributed by atoms with E-state index in [0.717, 1.165) is 17.9 Å². The van der Waals surface area contributed by atoms with Crippen LogP contribution in [0.1, 0.15) is 43.0 Å². The molecule has 0 aliphatic heterocycles. The molecule has 0 spiro atoms. The second-order valence-electron chi connectivity index (χ2n) is 6.87. The largest absolute Gasteiger partial charge is 0.497 e. The Kier molecular flexibility index (Phi) is 6.82. The first-order valence-electron chi connectivity index (χ1n) is 8.67. The van der Waals surface area contributed by atoms with Crippen molar-refractivity contribution in [1.82, 2.24) is 5.32 Å². The van der Waals surface area contributed by atoms with Gasteiger partial charge in [0.05, 0.1) is 13.2 Å². The average molecular weight is 357 g/mol. The van der Waals surface area contributed by atoms with Crippen LogP contribution >= 0.6 is 12.2 Å². The van der Waals surface area contributed by atoms with Gasteiger partial charge >= 0.3 is 0 Å². The zero-order valence-electron chi connectivity index (χ0n) is 15.7. The zero-order valence-corrected chi connectivity index (χ0v) is 16.5. The average Bonchev–Trinajstić information content (AvgIpc) is 2.57. The van der Waals surface area contributed by atoms with E-state index in [9.17, 15) is 0 Å². The summed E-state index contributed by atoms with van der Waals surface area (Å²) in [7, 11) is 1.68. The standard InChI is InChI=1S/C21H28N2OS/c1-14(2)12-20(17-8-10-18(24-5)11-9-17)23-21(25)22-19-13-15(3)6-7-16(19)4/h6-11,13-14,20H,12H2,1-5H3,(H2,22,23,25). The molecular formula is C21H28N2OS. The van der Waals surface area contributed by atoms with Gasteiger partial charge in [-0.2, -0.15) is 0 Å². The van der Waals surface area contributed by atoms with Crippen molar-refractivity contribution in [2.75, 3.05) is 12.4 Å². The molecule has 0 amide bonds. The number of aryl methyl sites for hydroxylation is 2. The smallest absolute Gasteiger partial charge is 0.171 e. The van der Waals surface area contributed by atoms with E-state index in [1.54, 1.807) is 7.11 Å². The summed E-state index contributed by atoms with van der Waals surface area (Å²) in [6.07, 6.45) is 1.00. The number of nitrogens with one attached hydrogen (secondary N) is 2. The van der Waals surface area contributed by atoms with E-state index < -0.39 is 0 Å². The molecule has 0 radical (unpaired) electrons. The van der Waals surface area contributed by atoms with E-state index >= 15 is 0 Å². The van der Waals surface area contributed by atoms with Gasteiger partial charge in [-0.25, -0.2) is 0 Å². The van der Waals surface area contributed by atoms with Gasteiger partial charge in [0.1, 0.15) is 5.75 Å². The van der Waals surface area contributed by atoms with Crippen molar-refractivity contribution in [3.63, 3.8) is 0 Å². The Morgan fingerprint density at radius 1 is 1.08 bits per heavy atom. The highest BCUT2D eigenvalue weighted by molar-refractivity contribution is 7.80. The number of thiocarbonyl (C=S) groups is 1. The number of hydrogen-bond acceptors (Lipinski definition) is 2. The van der Waals surface area contributed by atoms with E-state index in [2.05, 4.69) is 68.7 Å². The molecule has 2 aromatic carbocycles. The molecule has 0 bridgehead atoms. The minimum Gasteiger partial charge on any atom is -0.497 e. The number of hydrogen-bond donors (Lipinski definition) is 2. The van der Waals surface area contributed by atoms with Crippen LogP contribution in [0.25, 0.3) is 0 Å². The van der Waals surface area contributed by atoms with E-state index in [4.69, 9.17) is 17.0 Å². The summed E-state index contributed by atoms with van der Waals surface area (Å²) in [6, 6.07) is 14.7. The molecule has 2 aromatic rings. The Labute approximate surface area is 156 Å². The van der Waals surface area contributed by atoms with E-state index in [0.29, 0.717) is 11.0 Å². The van der Waals surface area contributed by atoms with Crippen molar-refractivity contribution >= 4 is 23.0 Å². The van der Waals surface area contributed by atoms with Crippen LogP contribution in [0.3, 0.4) is 0 Å². The molecule has 25 heavy (non-hydrogen) atoms. The molecule has 0 heterocycles. The minimum absolute atomic E-state index is 0.163. The van der Waals surface area contributed by atoms with Crippen LogP contribution in [0.4, 0.5) is 5.69 Å². The van der Waals surface area contributed by atoms with Crippen LogP contribution < -0.4 is 15.4 Å². The van der Waals surface area contributed by atoms with Gasteiger partial charge in [0, 0.05) is 5.69 Å². The van der Waals surface area contributed by atoms with Crippen LogP contribution in [0.15, 0.2) is 42.5 Å². The summed E-state index contributed by atoms with van der Waals surface area (Å²) in [5, 5.41) is 7.47. The van der Waals surface area contributed by atoms with Crippen molar-refractivity contribution in [1.29, 1.82) is 0 Å². The minimum atomic E-state index is 0.163. The fourth-order valence-corrected chi connectivity index (χ4v) is 3.03. The zero-order chi connectivity index (χ0) is 18.4. The molecule has 0 fully saturated rings. The van der Waals surface area contributed by atoms with Crippen molar-refractivity contribution < 1.29 is 4.74 Å². The Hall–Kier alpha value is -2.07. The lowest BCUT2D eigenvalue weighted by molar-refractivity contribution is 0.414. The predicted octanol–water partition coefficient (Wildman–Crippen LogP) is 5.39. The lowest BCUT2D eigenvalue weighted by Crippen LogP contribution is -2.33. The first-order chi connectivity index (χ1) is 11.9. The van der Waals surface area contributed by atoms with E-state index in [1.165, 1.54) is 16.7 Å². The Morgan fingerprint density at radius 3 is 2.36 bits per heavy atom. The first kappa shape index (κ1) is 19.3. The molecule has 0 aliphatic carbocycles. The highest BCUT2D eigenvalue weighted by atomic mass is 32.1. The maximum absolute atomic E-state index is 5.57. The third-order valence-electron chi connectivity index (χ3n) is 4.17. The molecule has 1 unspecified atom stereocenters. The van der Waals surface area contributed by atoms with Gasteiger partial charge in [-0.15, -0.1) is 0 Å². The van der Waals surface area contributed by atoms with Gasteiger partial charge in [0.2, 0.25) is 0 Å². The first-order valence-corrected chi connectivity index (χ1v) is 9.08. The summed E-state index contributed by atoms with van der Waals surface area (Å²) >= 11 is 5.57. The fraction of sp³-hybridized carbons (Fsp3) is 0.381. The second kappa shape index (κ2) is 8.86. The topological polar surface area (TPSA) is 33.3 Å². The molecular weight excluding hydrogens is 328 g/mol. The molecule has 4 heteroatoms. The molecule has 3 nitrogen and oxygen atoms in total. The van der Waals surface area contributed by atoms with Gasteiger partial charge in [0.25, 0.3) is 0 Å². The Bertz CT molecular complexity index is 710. The molecule has 1 atom stereocenters. The maximum Gasteiger partial charge on any atom is 0.171 e. The molecule has 0 aliphatic rings. The van der Waals surface area contributed by atoms with Crippen molar-refractivity contribution in [3.05, 3.63) is 59.2 Å². The summed E-state index contributed by atoms with van der Waals surface area (Å²) in [4.78, 5) is 0. The van der Waals surface area contributed by atoms with Gasteiger partial charge in [-0.3, -0.25) is 0 Å². The van der Waals surface area contributed by atoms with Crippen molar-refractivity contribution in [2.45, 2.75) is 40.2 Å². The summed E-state index contributed by atoms with van der Waals surface area (Å²) in [6.45, 7) is 8.61. The van der Waals surface area contributed by atoms with Crippen LogP contribution in [-0.2, 0) is 0 Å². The van der Waals surface area contributed by atoms with Crippen LogP contribution in [0.5, 0.6) is 5.75 Å². The molecule has 2 rings (SSSR count). The SMILES string of the molecule is COc1ccc(C(CC(C)C)NC(=S)Nc2cc(C)ccc2C)cc1. The molecule has 0 aromatic heterocycles. The van der Waals surface area contributed by atoms with Crippen LogP contribution in [-0.4, -0.2) is 12.2 Å². The van der Waals surface area contributed by atoms with E-state index in [1.807, 2.05) is 12.1 Å². The molecule has 2 N–H and O–H groups in total. The van der Waals surface area contributed by atoms with E-state index in [-0.39, 0.29) is 6.04 Å². The van der Waals surface area contributed by atoms with Gasteiger partial charge in [-0.05, 0) is 73.3 Å². The fourth-order valence-electron chi connectivity index (χ4n) is 2.77. The lowest BCUT2D eigenvalue weighted by atomic mass is 9.97. The second-order valence-corrected chi connectivity index (χ2v) is 7.28. The quantitative estimate of drug-likeness (QED) is 0.680. The Morgan fingerprint density at radius 2 is 1.76 bits per heavy atom. The number of rotatable bonds is 6. The number of benzene rings is 2. The van der Waals surface area contributed by atoms with Gasteiger partial charge in [0.15, 0.2) is 5.11 Å². The van der Waals surface area contributed by atoms with Crippen molar-refractivity contribution in [3.8, 4) is 5.75 Å². The number of methoxy groups -OCH3 is 1. The predicted molar refractivity (Wildman–Crippen MR) is 110 cm³/mol. The van der Waals surface area contributed by atoms with Crippen LogP contribution in [0.2, 0.25) is 0 Å². The lowest BCUT2D eigenvalue weighted by Gasteiger charge is -2.24. The monoisotopic (exact) mass is 356 g/mol. The van der Waals surface area contributed by atoms with Crippen LogP contribution in [0, 0.1) is 19.8 Å².